The minimum Gasteiger partial charge on any atom is -0.467 e. The van der Waals surface area contributed by atoms with E-state index in [9.17, 15) is 18.0 Å². The zero-order chi connectivity index (χ0) is 39.0. The number of pyridine rings is 1. The van der Waals surface area contributed by atoms with Crippen molar-refractivity contribution in [2.75, 3.05) is 45.2 Å². The van der Waals surface area contributed by atoms with E-state index in [0.717, 1.165) is 13.0 Å². The molecule has 3 aromatic heterocycles. The number of aromatic nitrogens is 5. The number of hydrogen-bond donors (Lipinski definition) is 0. The van der Waals surface area contributed by atoms with Crippen LogP contribution in [0.4, 0.5) is 23.4 Å². The highest BCUT2D eigenvalue weighted by atomic mass is 19.1. The molecule has 14 heteroatoms. The standard InChI is InChI=1S/C34H28F3N7O2.C7H12FN/c1-6-22-25(35)11-10-20-8-7-9-23(28(20)22)31-30(37)32-24(16-38-31)33(42-34(41-32)46-5)43(4)21-14-15-44(17-21)27(45)13-12-26-29(36)18(2)39-19(3)40-26;8-6-4-7-2-1-3-9(7)5-6/h1,7-13,16,21H,14-15,17H2,2-5H3;6-7H,1-5H2/b13-12+;. The number of aryl methyl sites for hydroxylation is 2. The molecule has 3 fully saturated rings. The Morgan fingerprint density at radius 2 is 1.85 bits per heavy atom. The van der Waals surface area contributed by atoms with Crippen molar-refractivity contribution in [1.82, 2.24) is 34.7 Å². The summed E-state index contributed by atoms with van der Waals surface area (Å²) in [6.45, 7) is 5.82. The van der Waals surface area contributed by atoms with E-state index in [2.05, 4.69) is 35.7 Å². The summed E-state index contributed by atoms with van der Waals surface area (Å²) >= 11 is 0. The molecule has 1 amide bonds. The maximum atomic E-state index is 16.4. The van der Waals surface area contributed by atoms with Crippen LogP contribution < -0.4 is 9.64 Å². The molecule has 284 valence electrons. The summed E-state index contributed by atoms with van der Waals surface area (Å²) in [6.07, 6.45) is 13.1. The molecule has 6 heterocycles. The SMILES string of the molecule is C#Cc1c(F)ccc2cccc(-c3ncc4c(N(C)C5CCN(C(=O)/C=C/c6nc(C)nc(C)c6F)C5)nc(OC)nc4c3F)c12.FC1CC2CCCN2C1. The Kier molecular flexibility index (Phi) is 10.7. The molecule has 0 saturated carbocycles. The van der Waals surface area contributed by atoms with Crippen molar-refractivity contribution in [2.24, 2.45) is 0 Å². The van der Waals surface area contributed by atoms with Gasteiger partial charge in [0.25, 0.3) is 0 Å². The number of likely N-dealkylation sites (N-methyl/N-ethyl adjacent to an activating group) is 1. The zero-order valence-electron chi connectivity index (χ0n) is 31.0. The van der Waals surface area contributed by atoms with E-state index in [4.69, 9.17) is 11.2 Å². The number of nitrogens with zero attached hydrogens (tertiary/aromatic N) is 8. The van der Waals surface area contributed by atoms with Crippen LogP contribution in [0.3, 0.4) is 0 Å². The fourth-order valence-electron chi connectivity index (χ4n) is 7.81. The summed E-state index contributed by atoms with van der Waals surface area (Å²) in [5.41, 5.74) is 0.491. The monoisotopic (exact) mass is 752 g/mol. The number of halogens is 4. The predicted octanol–water partition coefficient (Wildman–Crippen LogP) is 6.60. The molecule has 0 aliphatic carbocycles. The molecule has 3 aliphatic heterocycles. The molecule has 55 heavy (non-hydrogen) atoms. The largest absolute Gasteiger partial charge is 0.467 e. The lowest BCUT2D eigenvalue weighted by molar-refractivity contribution is -0.124. The molecule has 8 rings (SSSR count). The van der Waals surface area contributed by atoms with Crippen LogP contribution >= 0.6 is 0 Å². The fourth-order valence-corrected chi connectivity index (χ4v) is 7.81. The quantitative estimate of drug-likeness (QED) is 0.108. The van der Waals surface area contributed by atoms with Gasteiger partial charge in [0.2, 0.25) is 5.91 Å². The number of terminal acetylenes is 1. The highest BCUT2D eigenvalue weighted by Gasteiger charge is 2.35. The van der Waals surface area contributed by atoms with Gasteiger partial charge in [0.15, 0.2) is 11.6 Å². The van der Waals surface area contributed by atoms with Gasteiger partial charge < -0.3 is 14.5 Å². The molecule has 3 aliphatic rings. The number of ether oxygens (including phenoxy) is 1. The Hall–Kier alpha value is -5.68. The van der Waals surface area contributed by atoms with Gasteiger partial charge in [-0.3, -0.25) is 14.7 Å². The van der Waals surface area contributed by atoms with E-state index in [1.165, 1.54) is 51.3 Å². The molecule has 5 aromatic rings. The van der Waals surface area contributed by atoms with Crippen molar-refractivity contribution < 1.29 is 27.1 Å². The van der Waals surface area contributed by atoms with Gasteiger partial charge in [-0.2, -0.15) is 9.97 Å². The number of fused-ring (bicyclic) bond motifs is 3. The minimum absolute atomic E-state index is 0.0117. The third kappa shape index (κ3) is 7.41. The second kappa shape index (κ2) is 15.6. The lowest BCUT2D eigenvalue weighted by atomic mass is 9.96. The highest BCUT2D eigenvalue weighted by Crippen LogP contribution is 2.37. The average Bonchev–Trinajstić information content (AvgIpc) is 3.93. The third-order valence-electron chi connectivity index (χ3n) is 10.6. The van der Waals surface area contributed by atoms with E-state index in [0.29, 0.717) is 65.5 Å². The molecule has 2 aromatic carbocycles. The summed E-state index contributed by atoms with van der Waals surface area (Å²) in [6, 6.07) is 8.32. The Morgan fingerprint density at radius 3 is 2.62 bits per heavy atom. The van der Waals surface area contributed by atoms with Gasteiger partial charge >= 0.3 is 6.01 Å². The van der Waals surface area contributed by atoms with Crippen LogP contribution in [0.1, 0.15) is 48.5 Å². The number of methoxy groups -OCH3 is 1. The second-order valence-corrected chi connectivity index (χ2v) is 14.0. The molecule has 3 saturated heterocycles. The number of amides is 1. The summed E-state index contributed by atoms with van der Waals surface area (Å²) in [5, 5.41) is 1.32. The minimum atomic E-state index is -0.747. The number of anilines is 1. The Morgan fingerprint density at radius 1 is 1.04 bits per heavy atom. The Labute approximate surface area is 316 Å². The molecular weight excluding hydrogens is 712 g/mol. The lowest BCUT2D eigenvalue weighted by Gasteiger charge is -2.27. The molecule has 3 unspecified atom stereocenters. The average molecular weight is 753 g/mol. The Balaban J connectivity index is 0.000000449. The van der Waals surface area contributed by atoms with Crippen LogP contribution in [0.15, 0.2) is 42.6 Å². The molecule has 10 nitrogen and oxygen atoms in total. The molecule has 0 spiro atoms. The fraction of sp³-hybridized carbons (Fsp3) is 0.366. The van der Waals surface area contributed by atoms with Crippen molar-refractivity contribution in [1.29, 1.82) is 0 Å². The molecule has 3 atom stereocenters. The highest BCUT2D eigenvalue weighted by molar-refractivity contribution is 6.02. The molecule has 0 radical (unpaired) electrons. The maximum Gasteiger partial charge on any atom is 0.318 e. The van der Waals surface area contributed by atoms with Gasteiger partial charge in [-0.25, -0.2) is 27.5 Å². The zero-order valence-corrected chi connectivity index (χ0v) is 31.0. The maximum absolute atomic E-state index is 16.4. The van der Waals surface area contributed by atoms with E-state index in [1.807, 2.05) is 4.90 Å². The van der Waals surface area contributed by atoms with Crippen molar-refractivity contribution in [2.45, 2.75) is 57.8 Å². The number of hydrogen-bond acceptors (Lipinski definition) is 9. The van der Waals surface area contributed by atoms with E-state index in [-0.39, 0.29) is 46.1 Å². The van der Waals surface area contributed by atoms with Gasteiger partial charge in [0.1, 0.15) is 40.5 Å². The molecular formula is C41H40F4N8O2. The number of likely N-dealkylation sites (tertiary alicyclic amines) is 1. The van der Waals surface area contributed by atoms with Crippen molar-refractivity contribution in [3.8, 4) is 29.6 Å². The van der Waals surface area contributed by atoms with Gasteiger partial charge in [-0.05, 0) is 63.6 Å². The number of carbonyl (C=O) groups is 1. The number of rotatable bonds is 6. The normalized spacial score (nSPS) is 19.5. The summed E-state index contributed by atoms with van der Waals surface area (Å²) in [4.78, 5) is 40.1. The van der Waals surface area contributed by atoms with Crippen LogP contribution in [0, 0.1) is 43.6 Å². The first kappa shape index (κ1) is 37.6. The van der Waals surface area contributed by atoms with Gasteiger partial charge in [0, 0.05) is 62.0 Å². The summed E-state index contributed by atoms with van der Waals surface area (Å²) in [5.74, 6) is 0.924. The predicted molar refractivity (Wildman–Crippen MR) is 203 cm³/mol. The number of alkyl halides is 1. The van der Waals surface area contributed by atoms with Gasteiger partial charge in [0.05, 0.1) is 23.8 Å². The second-order valence-electron chi connectivity index (χ2n) is 14.0. The van der Waals surface area contributed by atoms with Crippen molar-refractivity contribution in [3.05, 3.63) is 82.8 Å². The van der Waals surface area contributed by atoms with E-state index in [1.54, 1.807) is 43.1 Å². The Bertz CT molecular complexity index is 2350. The van der Waals surface area contributed by atoms with Crippen LogP contribution in [0.25, 0.3) is 39.0 Å². The smallest absolute Gasteiger partial charge is 0.318 e. The first-order valence-electron chi connectivity index (χ1n) is 18.1. The summed E-state index contributed by atoms with van der Waals surface area (Å²) < 4.78 is 63.4. The lowest BCUT2D eigenvalue weighted by Crippen LogP contribution is -2.36. The van der Waals surface area contributed by atoms with E-state index >= 15 is 4.39 Å². The van der Waals surface area contributed by atoms with E-state index < -0.39 is 23.6 Å². The number of benzene rings is 2. The van der Waals surface area contributed by atoms with Crippen molar-refractivity contribution >= 4 is 39.5 Å². The van der Waals surface area contributed by atoms with Crippen molar-refractivity contribution in [3.63, 3.8) is 0 Å². The third-order valence-corrected chi connectivity index (χ3v) is 10.6. The van der Waals surface area contributed by atoms with Crippen LogP contribution in [-0.2, 0) is 4.79 Å². The summed E-state index contributed by atoms with van der Waals surface area (Å²) in [7, 11) is 3.17. The topological polar surface area (TPSA) is 100 Å². The van der Waals surface area contributed by atoms with Crippen LogP contribution in [0.2, 0.25) is 0 Å². The van der Waals surface area contributed by atoms with Crippen LogP contribution in [0.5, 0.6) is 6.01 Å². The van der Waals surface area contributed by atoms with Gasteiger partial charge in [-0.1, -0.05) is 30.2 Å². The molecule has 0 bridgehead atoms. The number of carbonyl (C=O) groups excluding carboxylic acids is 1. The first-order valence-corrected chi connectivity index (χ1v) is 18.1. The van der Waals surface area contributed by atoms with Crippen LogP contribution in [-0.4, -0.2) is 99.2 Å². The molecule has 0 N–H and O–H groups in total. The van der Waals surface area contributed by atoms with Gasteiger partial charge in [-0.15, -0.1) is 6.42 Å². The first-order chi connectivity index (χ1) is 26.5.